The number of benzodiazepines with no additional fused rings is 1. The lowest BCUT2D eigenvalue weighted by Gasteiger charge is -2.21. The number of hydrogen-bond donors (Lipinski definition) is 2. The van der Waals surface area contributed by atoms with Gasteiger partial charge in [-0.25, -0.2) is 4.99 Å². The van der Waals surface area contributed by atoms with E-state index in [1.54, 1.807) is 12.1 Å². The Morgan fingerprint density at radius 1 is 1.00 bits per heavy atom. The number of nitrogens with one attached hydrogen (secondary N) is 2. The van der Waals surface area contributed by atoms with Crippen molar-refractivity contribution >= 4 is 23.2 Å². The van der Waals surface area contributed by atoms with Crippen LogP contribution in [0.5, 0.6) is 5.75 Å². The number of methoxy groups -OCH3 is 1. The molecule has 3 aromatic rings. The first kappa shape index (κ1) is 22.3. The molecule has 0 spiro atoms. The maximum Gasteiger partial charge on any atom is 0.269 e. The first-order valence-corrected chi connectivity index (χ1v) is 10.8. The van der Waals surface area contributed by atoms with E-state index in [2.05, 4.69) is 31.4 Å². The molecule has 6 heteroatoms. The highest BCUT2D eigenvalue weighted by Gasteiger charge is 2.28. The lowest BCUT2D eigenvalue weighted by Crippen LogP contribution is -2.42. The summed E-state index contributed by atoms with van der Waals surface area (Å²) in [4.78, 5) is 31.0. The number of carbonyl (C=O) groups is 2. The van der Waals surface area contributed by atoms with E-state index in [-0.39, 0.29) is 5.41 Å². The van der Waals surface area contributed by atoms with Gasteiger partial charge in [0.1, 0.15) is 5.75 Å². The van der Waals surface area contributed by atoms with Gasteiger partial charge in [-0.15, -0.1) is 0 Å². The highest BCUT2D eigenvalue weighted by atomic mass is 16.5. The number of benzene rings is 3. The van der Waals surface area contributed by atoms with Crippen LogP contribution in [0.1, 0.15) is 47.8 Å². The summed E-state index contributed by atoms with van der Waals surface area (Å²) < 4.78 is 5.42. The number of anilines is 1. The molecule has 0 fully saturated rings. The molecule has 168 valence electrons. The van der Waals surface area contributed by atoms with E-state index < -0.39 is 18.0 Å². The van der Waals surface area contributed by atoms with Gasteiger partial charge in [-0.1, -0.05) is 75.4 Å². The Labute approximate surface area is 193 Å². The van der Waals surface area contributed by atoms with Gasteiger partial charge in [0.2, 0.25) is 6.17 Å². The van der Waals surface area contributed by atoms with Crippen LogP contribution < -0.4 is 15.4 Å². The normalized spacial score (nSPS) is 15.6. The minimum atomic E-state index is -1.11. The van der Waals surface area contributed by atoms with E-state index in [1.165, 1.54) is 7.11 Å². The van der Waals surface area contributed by atoms with Gasteiger partial charge < -0.3 is 15.4 Å². The summed E-state index contributed by atoms with van der Waals surface area (Å²) >= 11 is 0. The van der Waals surface area contributed by atoms with E-state index in [0.717, 1.165) is 16.7 Å². The number of nitrogens with zero attached hydrogens (tertiary/aromatic N) is 1. The number of rotatable bonds is 4. The van der Waals surface area contributed by atoms with Gasteiger partial charge in [0, 0.05) is 11.1 Å². The predicted molar refractivity (Wildman–Crippen MR) is 130 cm³/mol. The third-order valence-electron chi connectivity index (χ3n) is 5.57. The zero-order valence-corrected chi connectivity index (χ0v) is 19.2. The van der Waals surface area contributed by atoms with E-state index in [9.17, 15) is 9.59 Å². The van der Waals surface area contributed by atoms with Crippen LogP contribution >= 0.6 is 0 Å². The number of hydrogen-bond acceptors (Lipinski definition) is 4. The summed E-state index contributed by atoms with van der Waals surface area (Å²) in [5.74, 6) is -0.405. The van der Waals surface area contributed by atoms with Crippen LogP contribution in [0.4, 0.5) is 5.69 Å². The molecule has 0 radical (unpaired) electrons. The fourth-order valence-corrected chi connectivity index (χ4v) is 3.73. The molecule has 6 nitrogen and oxygen atoms in total. The highest BCUT2D eigenvalue weighted by molar-refractivity contribution is 6.20. The fraction of sp³-hybridized carbons (Fsp3) is 0.222. The summed E-state index contributed by atoms with van der Waals surface area (Å²) in [6.07, 6.45) is -1.11. The van der Waals surface area contributed by atoms with Gasteiger partial charge in [0.15, 0.2) is 0 Å². The van der Waals surface area contributed by atoms with Gasteiger partial charge in [-0.05, 0) is 29.2 Å². The Kier molecular flexibility index (Phi) is 6.01. The molecule has 1 atom stereocenters. The molecule has 4 rings (SSSR count). The molecule has 1 aliphatic rings. The second-order valence-corrected chi connectivity index (χ2v) is 8.92. The minimum Gasteiger partial charge on any atom is -0.496 e. The van der Waals surface area contributed by atoms with Crippen molar-refractivity contribution in [3.05, 3.63) is 95.1 Å². The van der Waals surface area contributed by atoms with Crippen molar-refractivity contribution in [2.24, 2.45) is 4.99 Å². The average molecular weight is 442 g/mol. The molecule has 2 N–H and O–H groups in total. The van der Waals surface area contributed by atoms with E-state index in [4.69, 9.17) is 9.73 Å². The second kappa shape index (κ2) is 8.90. The second-order valence-electron chi connectivity index (χ2n) is 8.92. The molecule has 1 aliphatic heterocycles. The molecular formula is C27H27N3O3. The topological polar surface area (TPSA) is 79.8 Å². The van der Waals surface area contributed by atoms with Crippen molar-refractivity contribution in [3.8, 4) is 5.75 Å². The molecule has 2 amide bonds. The molecule has 0 aromatic heterocycles. The van der Waals surface area contributed by atoms with Gasteiger partial charge in [0.25, 0.3) is 11.8 Å². The number of carbonyl (C=O) groups excluding carboxylic acids is 2. The Hall–Kier alpha value is -3.93. The average Bonchev–Trinajstić information content (AvgIpc) is 2.95. The summed E-state index contributed by atoms with van der Waals surface area (Å²) in [6.45, 7) is 6.22. The lowest BCUT2D eigenvalue weighted by atomic mass is 9.86. The summed E-state index contributed by atoms with van der Waals surface area (Å²) in [5.41, 5.74) is 4.12. The van der Waals surface area contributed by atoms with Crippen molar-refractivity contribution < 1.29 is 14.3 Å². The third-order valence-corrected chi connectivity index (χ3v) is 5.57. The maximum absolute atomic E-state index is 13.3. The van der Waals surface area contributed by atoms with Crippen molar-refractivity contribution in [2.45, 2.75) is 32.4 Å². The molecule has 33 heavy (non-hydrogen) atoms. The maximum atomic E-state index is 13.3. The molecule has 0 bridgehead atoms. The van der Waals surface area contributed by atoms with E-state index in [1.807, 2.05) is 60.7 Å². The Morgan fingerprint density at radius 2 is 1.70 bits per heavy atom. The Balaban J connectivity index is 1.74. The molecule has 0 saturated heterocycles. The van der Waals surface area contributed by atoms with Crippen LogP contribution in [0.2, 0.25) is 0 Å². The number of amides is 2. The van der Waals surface area contributed by atoms with Crippen molar-refractivity contribution in [3.63, 3.8) is 0 Å². The number of ether oxygens (including phenoxy) is 1. The van der Waals surface area contributed by atoms with Crippen LogP contribution in [0.15, 0.2) is 77.8 Å². The quantitative estimate of drug-likeness (QED) is 0.624. The zero-order valence-electron chi connectivity index (χ0n) is 19.2. The van der Waals surface area contributed by atoms with Crippen LogP contribution in [-0.4, -0.2) is 30.8 Å². The number of para-hydroxylation sites is 1. The number of aliphatic imine (C=N–C) groups is 1. The molecule has 1 unspecified atom stereocenters. The zero-order chi connectivity index (χ0) is 23.6. The molecule has 3 aromatic carbocycles. The van der Waals surface area contributed by atoms with Gasteiger partial charge in [0.05, 0.1) is 24.1 Å². The van der Waals surface area contributed by atoms with Crippen LogP contribution in [0, 0.1) is 0 Å². The van der Waals surface area contributed by atoms with Crippen molar-refractivity contribution in [2.75, 3.05) is 12.4 Å². The summed E-state index contributed by atoms with van der Waals surface area (Å²) in [5, 5.41) is 5.69. The largest absolute Gasteiger partial charge is 0.496 e. The van der Waals surface area contributed by atoms with Gasteiger partial charge in [-0.2, -0.15) is 0 Å². The van der Waals surface area contributed by atoms with E-state index >= 15 is 0 Å². The summed E-state index contributed by atoms with van der Waals surface area (Å²) in [7, 11) is 1.52. The molecule has 1 heterocycles. The predicted octanol–water partition coefficient (Wildman–Crippen LogP) is 4.54. The monoisotopic (exact) mass is 441 g/mol. The van der Waals surface area contributed by atoms with Gasteiger partial charge in [-0.3, -0.25) is 9.59 Å². The number of fused-ring (bicyclic) bond motifs is 1. The van der Waals surface area contributed by atoms with Crippen molar-refractivity contribution in [1.29, 1.82) is 0 Å². The molecule has 0 saturated carbocycles. The smallest absolute Gasteiger partial charge is 0.269 e. The lowest BCUT2D eigenvalue weighted by molar-refractivity contribution is -0.117. The van der Waals surface area contributed by atoms with Crippen LogP contribution in [-0.2, 0) is 10.2 Å². The summed E-state index contributed by atoms with van der Waals surface area (Å²) in [6, 6.07) is 22.6. The van der Waals surface area contributed by atoms with Crippen LogP contribution in [0.25, 0.3) is 0 Å². The minimum absolute atomic E-state index is 0.152. The molecule has 0 aliphatic carbocycles. The standard InChI is InChI=1S/C27H27N3O3/c1-27(2,3)18-14-15-22(33-4)20(16-18)25(31)30-24-26(32)28-21-13-9-8-12-19(21)23(29-24)17-10-6-5-7-11-17/h5-16,24H,1-4H3,(H,28,32)(H,30,31). The fourth-order valence-electron chi connectivity index (χ4n) is 3.73. The third kappa shape index (κ3) is 4.65. The molecular weight excluding hydrogens is 414 g/mol. The van der Waals surface area contributed by atoms with Crippen molar-refractivity contribution in [1.82, 2.24) is 5.32 Å². The Bertz CT molecular complexity index is 1230. The first-order chi connectivity index (χ1) is 15.8. The Morgan fingerprint density at radius 3 is 2.39 bits per heavy atom. The SMILES string of the molecule is COc1ccc(C(C)(C)C)cc1C(=O)NC1N=C(c2ccccc2)c2ccccc2NC1=O. The van der Waals surface area contributed by atoms with Gasteiger partial charge >= 0.3 is 0 Å². The van der Waals surface area contributed by atoms with E-state index in [0.29, 0.717) is 22.7 Å². The highest BCUT2D eigenvalue weighted by Crippen LogP contribution is 2.28. The van der Waals surface area contributed by atoms with Crippen LogP contribution in [0.3, 0.4) is 0 Å². The first-order valence-electron chi connectivity index (χ1n) is 10.8.